The number of nitrogens with one attached hydrogen (secondary N) is 3. The molecule has 0 bridgehead atoms. The van der Waals surface area contributed by atoms with Crippen molar-refractivity contribution in [2.45, 2.75) is 0 Å². The quantitative estimate of drug-likeness (QED) is 0.375. The lowest BCUT2D eigenvalue weighted by atomic mass is 10.2. The minimum absolute atomic E-state index is 0.00989. The van der Waals surface area contributed by atoms with Crippen LogP contribution in [0.1, 0.15) is 20.9 Å². The molecule has 0 fully saturated rings. The first kappa shape index (κ1) is 18.8. The van der Waals surface area contributed by atoms with Gasteiger partial charge in [0.1, 0.15) is 5.02 Å². The van der Waals surface area contributed by atoms with Gasteiger partial charge in [-0.2, -0.15) is 0 Å². The van der Waals surface area contributed by atoms with Crippen molar-refractivity contribution in [2.75, 3.05) is 0 Å². The molecule has 2 amide bonds. The molecule has 3 N–H and O–H groups in total. The molecule has 0 radical (unpaired) electrons. The molecule has 1 heterocycles. The van der Waals surface area contributed by atoms with E-state index in [9.17, 15) is 19.7 Å². The molecule has 0 atom stereocenters. The fourth-order valence-electron chi connectivity index (χ4n) is 1.61. The number of nitro groups is 1. The van der Waals surface area contributed by atoms with E-state index in [1.54, 1.807) is 0 Å². The zero-order valence-corrected chi connectivity index (χ0v) is 15.2. The van der Waals surface area contributed by atoms with Crippen LogP contribution in [-0.2, 0) is 0 Å². The first-order valence-corrected chi connectivity index (χ1v) is 7.97. The van der Waals surface area contributed by atoms with Crippen LogP contribution in [0.4, 0.5) is 5.69 Å². The van der Waals surface area contributed by atoms with Gasteiger partial charge in [-0.25, -0.2) is 0 Å². The van der Waals surface area contributed by atoms with E-state index in [0.717, 1.165) is 6.07 Å². The molecular formula is C13H8BrClN4O5S. The average Bonchev–Trinajstić information content (AvgIpc) is 2.99. The van der Waals surface area contributed by atoms with Crippen LogP contribution in [0.15, 0.2) is 39.4 Å². The molecule has 1 aromatic heterocycles. The van der Waals surface area contributed by atoms with Crippen molar-refractivity contribution in [1.29, 1.82) is 0 Å². The molecule has 0 saturated heterocycles. The number of hydrogen-bond acceptors (Lipinski definition) is 6. The summed E-state index contributed by atoms with van der Waals surface area (Å²) in [6.07, 6.45) is 0. The number of nitrogens with zero attached hydrogens (tertiary/aromatic N) is 1. The van der Waals surface area contributed by atoms with E-state index in [4.69, 9.17) is 28.2 Å². The van der Waals surface area contributed by atoms with Gasteiger partial charge < -0.3 is 4.42 Å². The van der Waals surface area contributed by atoms with Crippen LogP contribution in [0.2, 0.25) is 5.02 Å². The van der Waals surface area contributed by atoms with Crippen molar-refractivity contribution < 1.29 is 18.9 Å². The summed E-state index contributed by atoms with van der Waals surface area (Å²) in [7, 11) is 0. The Kier molecular flexibility index (Phi) is 6.07. The second-order valence-electron chi connectivity index (χ2n) is 4.39. The van der Waals surface area contributed by atoms with Crippen LogP contribution in [0.3, 0.4) is 0 Å². The number of hydrogen-bond donors (Lipinski definition) is 3. The highest BCUT2D eigenvalue weighted by Gasteiger charge is 2.17. The highest BCUT2D eigenvalue weighted by Crippen LogP contribution is 2.24. The topological polar surface area (TPSA) is 127 Å². The van der Waals surface area contributed by atoms with Crippen LogP contribution in [0, 0.1) is 10.1 Å². The summed E-state index contributed by atoms with van der Waals surface area (Å²) in [4.78, 5) is 33.8. The molecule has 0 aliphatic rings. The van der Waals surface area contributed by atoms with Gasteiger partial charge in [0.15, 0.2) is 15.5 Å². The molecule has 0 unspecified atom stereocenters. The number of thiocarbonyl (C=S) groups is 1. The summed E-state index contributed by atoms with van der Waals surface area (Å²) in [6, 6.07) is 6.49. The summed E-state index contributed by atoms with van der Waals surface area (Å²) in [5.74, 6) is -1.33. The monoisotopic (exact) mass is 446 g/mol. The Bertz CT molecular complexity index is 872. The number of carbonyl (C=O) groups is 2. The average molecular weight is 448 g/mol. The molecule has 130 valence electrons. The predicted molar refractivity (Wildman–Crippen MR) is 95.2 cm³/mol. The lowest BCUT2D eigenvalue weighted by molar-refractivity contribution is -0.384. The highest BCUT2D eigenvalue weighted by atomic mass is 79.9. The lowest BCUT2D eigenvalue weighted by Crippen LogP contribution is -2.48. The van der Waals surface area contributed by atoms with Gasteiger partial charge in [0.25, 0.3) is 17.5 Å². The van der Waals surface area contributed by atoms with Crippen LogP contribution < -0.4 is 16.2 Å². The first-order chi connectivity index (χ1) is 11.8. The maximum atomic E-state index is 12.0. The molecule has 1 aromatic carbocycles. The third-order valence-electron chi connectivity index (χ3n) is 2.72. The van der Waals surface area contributed by atoms with Gasteiger partial charge in [0.2, 0.25) is 0 Å². The minimum atomic E-state index is -0.711. The van der Waals surface area contributed by atoms with Crippen LogP contribution in [0.25, 0.3) is 0 Å². The first-order valence-electron chi connectivity index (χ1n) is 6.39. The molecule has 25 heavy (non-hydrogen) atoms. The largest absolute Gasteiger partial charge is 0.444 e. The van der Waals surface area contributed by atoms with Gasteiger partial charge in [0.05, 0.1) is 4.92 Å². The summed E-state index contributed by atoms with van der Waals surface area (Å²) in [5.41, 5.74) is 4.06. The number of hydrazine groups is 1. The fourth-order valence-corrected chi connectivity index (χ4v) is 2.25. The summed E-state index contributed by atoms with van der Waals surface area (Å²) < 4.78 is 5.41. The number of amides is 2. The molecule has 0 aliphatic heterocycles. The molecule has 2 rings (SSSR count). The van der Waals surface area contributed by atoms with Gasteiger partial charge in [-0.3, -0.25) is 35.9 Å². The molecule has 0 saturated carbocycles. The number of benzene rings is 1. The van der Waals surface area contributed by atoms with Gasteiger partial charge >= 0.3 is 0 Å². The third-order valence-corrected chi connectivity index (χ3v) is 3.67. The number of halogens is 2. The normalized spacial score (nSPS) is 10.0. The van der Waals surface area contributed by atoms with E-state index < -0.39 is 22.4 Å². The maximum absolute atomic E-state index is 12.0. The highest BCUT2D eigenvalue weighted by molar-refractivity contribution is 9.10. The van der Waals surface area contributed by atoms with Crippen molar-refractivity contribution in [3.05, 3.63) is 61.5 Å². The van der Waals surface area contributed by atoms with E-state index in [1.807, 2.05) is 0 Å². The molecule has 2 aromatic rings. The Balaban J connectivity index is 1.93. The Labute approximate surface area is 159 Å². The Morgan fingerprint density at radius 2 is 1.92 bits per heavy atom. The summed E-state index contributed by atoms with van der Waals surface area (Å²) in [6.45, 7) is 0. The number of nitro benzene ring substituents is 1. The Hall–Kier alpha value is -2.50. The van der Waals surface area contributed by atoms with Crippen molar-refractivity contribution in [1.82, 2.24) is 16.2 Å². The van der Waals surface area contributed by atoms with Crippen LogP contribution in [0.5, 0.6) is 0 Å². The van der Waals surface area contributed by atoms with Gasteiger partial charge in [-0.1, -0.05) is 11.6 Å². The van der Waals surface area contributed by atoms with Crippen molar-refractivity contribution in [2.24, 2.45) is 0 Å². The van der Waals surface area contributed by atoms with Crippen LogP contribution in [-0.4, -0.2) is 21.9 Å². The van der Waals surface area contributed by atoms with Crippen molar-refractivity contribution >= 4 is 62.4 Å². The second-order valence-corrected chi connectivity index (χ2v) is 5.99. The third kappa shape index (κ3) is 4.98. The molecular weight excluding hydrogens is 440 g/mol. The molecule has 9 nitrogen and oxygen atoms in total. The Morgan fingerprint density at radius 1 is 1.20 bits per heavy atom. The number of rotatable bonds is 3. The smallest absolute Gasteiger partial charge is 0.293 e. The maximum Gasteiger partial charge on any atom is 0.293 e. The Morgan fingerprint density at radius 3 is 2.52 bits per heavy atom. The van der Waals surface area contributed by atoms with E-state index in [2.05, 4.69) is 32.1 Å². The second kappa shape index (κ2) is 8.05. The molecule has 0 aliphatic carbocycles. The standard InChI is InChI=1S/C13H8BrClN4O5S/c14-10-4-3-9(24-10)12(21)16-13(25)18-17-11(20)6-1-2-7(15)8(5-6)19(22)23/h1-5H,(H,17,20)(H2,16,18,21,25). The van der Waals surface area contributed by atoms with Crippen LogP contribution >= 0.6 is 39.7 Å². The zero-order chi connectivity index (χ0) is 18.6. The molecule has 0 spiro atoms. The predicted octanol–water partition coefficient (Wildman–Crippen LogP) is 2.55. The van der Waals surface area contributed by atoms with Gasteiger partial charge in [-0.15, -0.1) is 0 Å². The number of furan rings is 1. The van der Waals surface area contributed by atoms with E-state index in [0.29, 0.717) is 4.67 Å². The van der Waals surface area contributed by atoms with E-state index in [1.165, 1.54) is 24.3 Å². The lowest BCUT2D eigenvalue weighted by Gasteiger charge is -2.10. The minimum Gasteiger partial charge on any atom is -0.444 e. The van der Waals surface area contributed by atoms with Crippen molar-refractivity contribution in [3.8, 4) is 0 Å². The SMILES string of the molecule is O=C(NNC(=S)NC(=O)c1ccc(Br)o1)c1ccc(Cl)c([N+](=O)[O-])c1. The summed E-state index contributed by atoms with van der Waals surface area (Å²) in [5, 5.41) is 12.8. The fraction of sp³-hybridized carbons (Fsp3) is 0. The molecule has 12 heteroatoms. The summed E-state index contributed by atoms with van der Waals surface area (Å²) >= 11 is 13.6. The number of carbonyl (C=O) groups excluding carboxylic acids is 2. The van der Waals surface area contributed by atoms with E-state index in [-0.39, 0.29) is 21.5 Å². The van der Waals surface area contributed by atoms with Gasteiger partial charge in [0, 0.05) is 11.6 Å². The zero-order valence-electron chi connectivity index (χ0n) is 12.0. The van der Waals surface area contributed by atoms with E-state index >= 15 is 0 Å². The van der Waals surface area contributed by atoms with Crippen molar-refractivity contribution in [3.63, 3.8) is 0 Å². The van der Waals surface area contributed by atoms with Gasteiger partial charge in [-0.05, 0) is 52.4 Å².